The van der Waals surface area contributed by atoms with E-state index < -0.39 is 0 Å². The van der Waals surface area contributed by atoms with E-state index in [2.05, 4.69) is 42.0 Å². The first-order chi connectivity index (χ1) is 17.3. The summed E-state index contributed by atoms with van der Waals surface area (Å²) in [6, 6.07) is 7.84. The van der Waals surface area contributed by atoms with Gasteiger partial charge in [0.2, 0.25) is 0 Å². The number of nitrogens with zero attached hydrogens (tertiary/aromatic N) is 3. The van der Waals surface area contributed by atoms with Crippen molar-refractivity contribution in [1.29, 1.82) is 0 Å². The molecular weight excluding hydrogens is 454 g/mol. The van der Waals surface area contributed by atoms with E-state index in [-0.39, 0.29) is 18.0 Å². The van der Waals surface area contributed by atoms with Crippen molar-refractivity contribution in [2.45, 2.75) is 65.8 Å². The molecule has 1 atom stereocenters. The maximum Gasteiger partial charge on any atom is 0.410 e. The smallest absolute Gasteiger partial charge is 0.410 e. The van der Waals surface area contributed by atoms with Crippen molar-refractivity contribution in [2.75, 3.05) is 26.2 Å². The fraction of sp³-hybridized carbons (Fsp3) is 0.536. The third-order valence-corrected chi connectivity index (χ3v) is 7.66. The van der Waals surface area contributed by atoms with Crippen molar-refractivity contribution in [1.82, 2.24) is 25.0 Å². The second kappa shape index (κ2) is 9.64. The van der Waals surface area contributed by atoms with Crippen molar-refractivity contribution in [3.8, 4) is 11.4 Å². The van der Waals surface area contributed by atoms with Gasteiger partial charge in [0.1, 0.15) is 5.69 Å². The van der Waals surface area contributed by atoms with Crippen LogP contribution in [0.3, 0.4) is 0 Å². The van der Waals surface area contributed by atoms with E-state index in [4.69, 9.17) is 4.74 Å². The van der Waals surface area contributed by atoms with Gasteiger partial charge < -0.3 is 19.5 Å². The van der Waals surface area contributed by atoms with E-state index in [1.54, 1.807) is 4.90 Å². The van der Waals surface area contributed by atoms with Gasteiger partial charge in [-0.2, -0.15) is 5.10 Å². The molecule has 1 saturated heterocycles. The van der Waals surface area contributed by atoms with E-state index in [0.717, 1.165) is 54.4 Å². The Hall–Kier alpha value is -3.29. The summed E-state index contributed by atoms with van der Waals surface area (Å²) in [4.78, 5) is 32.8. The molecule has 5 rings (SSSR count). The molecular formula is C28H37N5O3. The number of benzene rings is 1. The summed E-state index contributed by atoms with van der Waals surface area (Å²) in [5.74, 6) is -0.0155. The maximum absolute atomic E-state index is 13.3. The minimum atomic E-state index is -0.285. The predicted molar refractivity (Wildman–Crippen MR) is 140 cm³/mol. The maximum atomic E-state index is 13.3. The van der Waals surface area contributed by atoms with Crippen LogP contribution in [0.15, 0.2) is 24.3 Å². The third-order valence-electron chi connectivity index (χ3n) is 7.66. The monoisotopic (exact) mass is 491 g/mol. The molecule has 0 spiro atoms. The Bertz CT molecular complexity index is 1270. The highest BCUT2D eigenvalue weighted by Gasteiger charge is 2.32. The van der Waals surface area contributed by atoms with Crippen molar-refractivity contribution in [2.24, 2.45) is 5.41 Å². The third kappa shape index (κ3) is 4.73. The molecule has 0 radical (unpaired) electrons. The second-order valence-electron chi connectivity index (χ2n) is 11.1. The molecule has 1 aromatic carbocycles. The summed E-state index contributed by atoms with van der Waals surface area (Å²) < 4.78 is 5.37. The quantitative estimate of drug-likeness (QED) is 0.482. The molecule has 1 aliphatic heterocycles. The van der Waals surface area contributed by atoms with Gasteiger partial charge in [0.15, 0.2) is 0 Å². The fourth-order valence-corrected chi connectivity index (χ4v) is 5.44. The molecule has 2 aromatic heterocycles. The SMILES string of the molecule is CCCCOC(=O)N1CCN(C(=O)c2ccc3cc(-c4n[nH]c5c4CCC(C)(C)C5)[nH]c3c2)C[C@@H]1C. The zero-order chi connectivity index (χ0) is 25.4. The van der Waals surface area contributed by atoms with Crippen LogP contribution in [-0.2, 0) is 17.6 Å². The Labute approximate surface area is 212 Å². The number of aromatic amines is 2. The van der Waals surface area contributed by atoms with Crippen LogP contribution in [0.5, 0.6) is 0 Å². The zero-order valence-corrected chi connectivity index (χ0v) is 21.8. The van der Waals surface area contributed by atoms with Gasteiger partial charge in [0.25, 0.3) is 5.91 Å². The average molecular weight is 492 g/mol. The lowest BCUT2D eigenvalue weighted by atomic mass is 9.76. The Kier molecular flexibility index (Phi) is 6.53. The van der Waals surface area contributed by atoms with Crippen LogP contribution >= 0.6 is 0 Å². The molecule has 2 aliphatic rings. The van der Waals surface area contributed by atoms with Gasteiger partial charge in [-0.05, 0) is 56.2 Å². The van der Waals surface area contributed by atoms with Gasteiger partial charge in [-0.15, -0.1) is 0 Å². The lowest BCUT2D eigenvalue weighted by Gasteiger charge is -2.39. The van der Waals surface area contributed by atoms with E-state index in [9.17, 15) is 9.59 Å². The van der Waals surface area contributed by atoms with E-state index >= 15 is 0 Å². The topological polar surface area (TPSA) is 94.3 Å². The first-order valence-corrected chi connectivity index (χ1v) is 13.2. The number of rotatable bonds is 5. The highest BCUT2D eigenvalue weighted by Crippen LogP contribution is 2.38. The van der Waals surface area contributed by atoms with Crippen molar-refractivity contribution >= 4 is 22.9 Å². The van der Waals surface area contributed by atoms with Gasteiger partial charge in [0, 0.05) is 53.4 Å². The van der Waals surface area contributed by atoms with Crippen LogP contribution in [0.25, 0.3) is 22.3 Å². The van der Waals surface area contributed by atoms with Crippen LogP contribution in [0.4, 0.5) is 4.79 Å². The highest BCUT2D eigenvalue weighted by molar-refractivity contribution is 5.99. The van der Waals surface area contributed by atoms with Crippen LogP contribution in [0.2, 0.25) is 0 Å². The molecule has 2 N–H and O–H groups in total. The molecule has 8 nitrogen and oxygen atoms in total. The highest BCUT2D eigenvalue weighted by atomic mass is 16.6. The molecule has 2 amide bonds. The van der Waals surface area contributed by atoms with Crippen molar-refractivity contribution in [3.63, 3.8) is 0 Å². The van der Waals surface area contributed by atoms with E-state index in [1.165, 1.54) is 11.3 Å². The summed E-state index contributed by atoms with van der Waals surface area (Å²) >= 11 is 0. The van der Waals surface area contributed by atoms with Gasteiger partial charge >= 0.3 is 6.09 Å². The molecule has 3 aromatic rings. The van der Waals surface area contributed by atoms with Crippen LogP contribution in [-0.4, -0.2) is 69.3 Å². The van der Waals surface area contributed by atoms with Crippen molar-refractivity contribution in [3.05, 3.63) is 41.1 Å². The first kappa shape index (κ1) is 24.4. The Balaban J connectivity index is 1.29. The first-order valence-electron chi connectivity index (χ1n) is 13.2. The Morgan fingerprint density at radius 1 is 1.22 bits per heavy atom. The number of amides is 2. The van der Waals surface area contributed by atoms with Gasteiger partial charge in [0.05, 0.1) is 12.3 Å². The summed E-state index contributed by atoms with van der Waals surface area (Å²) in [7, 11) is 0. The Morgan fingerprint density at radius 2 is 2.06 bits per heavy atom. The number of carbonyl (C=O) groups excluding carboxylic acids is 2. The van der Waals surface area contributed by atoms with Gasteiger partial charge in [-0.1, -0.05) is 33.3 Å². The molecule has 8 heteroatoms. The standard InChI is InChI=1S/C28H37N5O3/c1-5-6-13-36-27(35)33-12-11-32(17-18(33)2)26(34)20-8-7-19-14-23(29-22(19)15-20)25-21-9-10-28(3,4)16-24(21)30-31-25/h7-8,14-15,18,29H,5-6,9-13,16-17H2,1-4H3,(H,30,31)/t18-/m0/s1. The molecule has 0 bridgehead atoms. The Morgan fingerprint density at radius 3 is 2.83 bits per heavy atom. The minimum Gasteiger partial charge on any atom is -0.449 e. The fourth-order valence-electron chi connectivity index (χ4n) is 5.44. The number of ether oxygens (including phenoxy) is 1. The molecule has 3 heterocycles. The van der Waals surface area contributed by atoms with Crippen LogP contribution < -0.4 is 0 Å². The molecule has 0 unspecified atom stereocenters. The average Bonchev–Trinajstić information content (AvgIpc) is 3.45. The summed E-state index contributed by atoms with van der Waals surface area (Å²) in [5, 5.41) is 8.96. The summed E-state index contributed by atoms with van der Waals surface area (Å²) in [5.41, 5.74) is 6.37. The van der Waals surface area contributed by atoms with E-state index in [0.29, 0.717) is 37.2 Å². The number of H-pyrrole nitrogens is 2. The minimum absolute atomic E-state index is 0.0155. The molecule has 192 valence electrons. The van der Waals surface area contributed by atoms with Crippen molar-refractivity contribution < 1.29 is 14.3 Å². The number of hydrogen-bond acceptors (Lipinski definition) is 4. The molecule has 36 heavy (non-hydrogen) atoms. The molecule has 0 saturated carbocycles. The number of unbranched alkanes of at least 4 members (excludes halogenated alkanes) is 1. The summed E-state index contributed by atoms with van der Waals surface area (Å²) in [6.07, 6.45) is 4.74. The number of carbonyl (C=O) groups is 2. The number of aromatic nitrogens is 3. The number of fused-ring (bicyclic) bond motifs is 2. The van der Waals surface area contributed by atoms with E-state index in [1.807, 2.05) is 30.0 Å². The lowest BCUT2D eigenvalue weighted by molar-refractivity contribution is 0.0409. The zero-order valence-electron chi connectivity index (χ0n) is 21.8. The number of piperazine rings is 1. The molecule has 1 aliphatic carbocycles. The van der Waals surface area contributed by atoms with Gasteiger partial charge in [-0.3, -0.25) is 9.89 Å². The lowest BCUT2D eigenvalue weighted by Crippen LogP contribution is -2.55. The van der Waals surface area contributed by atoms with Gasteiger partial charge in [-0.25, -0.2) is 4.79 Å². The number of hydrogen-bond donors (Lipinski definition) is 2. The number of nitrogens with one attached hydrogen (secondary N) is 2. The molecule has 1 fully saturated rings. The second-order valence-corrected chi connectivity index (χ2v) is 11.1. The normalized spacial score (nSPS) is 19.4. The summed E-state index contributed by atoms with van der Waals surface area (Å²) in [6.45, 7) is 10.5. The van der Waals surface area contributed by atoms with Crippen LogP contribution in [0, 0.1) is 5.41 Å². The largest absolute Gasteiger partial charge is 0.449 e. The van der Waals surface area contributed by atoms with Crippen LogP contribution in [0.1, 0.15) is 68.6 Å². The predicted octanol–water partition coefficient (Wildman–Crippen LogP) is 5.16.